The van der Waals surface area contributed by atoms with Crippen LogP contribution in [0.1, 0.15) is 50.5 Å². The molecule has 0 saturated heterocycles. The van der Waals surface area contributed by atoms with Crippen molar-refractivity contribution in [1.82, 2.24) is 0 Å². The average Bonchev–Trinajstić information content (AvgIpc) is 2.40. The van der Waals surface area contributed by atoms with Crippen molar-refractivity contribution in [2.75, 3.05) is 6.61 Å². The fourth-order valence-corrected chi connectivity index (χ4v) is 3.14. The molecule has 0 heterocycles. The fourth-order valence-electron chi connectivity index (χ4n) is 3.14. The molecule has 1 aromatic carbocycles. The predicted octanol–water partition coefficient (Wildman–Crippen LogP) is 2.99. The first kappa shape index (κ1) is 14.1. The van der Waals surface area contributed by atoms with Gasteiger partial charge in [-0.15, -0.1) is 0 Å². The molecule has 0 aliphatic heterocycles. The zero-order valence-corrected chi connectivity index (χ0v) is 11.6. The molecule has 104 valence electrons. The minimum Gasteiger partial charge on any atom is -0.466 e. The molecule has 2 rings (SSSR count). The Morgan fingerprint density at radius 3 is 2.79 bits per heavy atom. The third-order valence-corrected chi connectivity index (χ3v) is 4.06. The molecule has 0 radical (unpaired) electrons. The maximum Gasteiger partial charge on any atom is 0.307 e. The van der Waals surface area contributed by atoms with Crippen LogP contribution in [0.4, 0.5) is 0 Å². The molecule has 19 heavy (non-hydrogen) atoms. The van der Waals surface area contributed by atoms with E-state index in [1.165, 1.54) is 12.0 Å². The predicted molar refractivity (Wildman–Crippen MR) is 75.8 cm³/mol. The molecule has 1 saturated carbocycles. The van der Waals surface area contributed by atoms with Crippen LogP contribution in [0, 0.1) is 0 Å². The van der Waals surface area contributed by atoms with Crippen LogP contribution in [0.15, 0.2) is 30.3 Å². The lowest BCUT2D eigenvalue weighted by atomic mass is 9.68. The zero-order valence-electron chi connectivity index (χ0n) is 11.6. The summed E-state index contributed by atoms with van der Waals surface area (Å²) in [6, 6.07) is 10.3. The first-order chi connectivity index (χ1) is 9.15. The van der Waals surface area contributed by atoms with Gasteiger partial charge in [0, 0.05) is 11.5 Å². The molecule has 1 fully saturated rings. The van der Waals surface area contributed by atoms with Crippen LogP contribution in [0.3, 0.4) is 0 Å². The normalized spacial score (nSPS) is 26.9. The fraction of sp³-hybridized carbons (Fsp3) is 0.562. The van der Waals surface area contributed by atoms with Gasteiger partial charge in [0.05, 0.1) is 13.0 Å². The summed E-state index contributed by atoms with van der Waals surface area (Å²) in [7, 11) is 0. The van der Waals surface area contributed by atoms with Crippen LogP contribution in [-0.2, 0) is 9.53 Å². The molecular formula is C16H23NO2. The summed E-state index contributed by atoms with van der Waals surface area (Å²) in [4.78, 5) is 11.8. The summed E-state index contributed by atoms with van der Waals surface area (Å²) in [5.74, 6) is 0.0830. The van der Waals surface area contributed by atoms with Crippen molar-refractivity contribution in [3.05, 3.63) is 35.9 Å². The summed E-state index contributed by atoms with van der Waals surface area (Å²) in [5, 5.41) is 0. The van der Waals surface area contributed by atoms with Crippen molar-refractivity contribution < 1.29 is 9.53 Å². The van der Waals surface area contributed by atoms with Gasteiger partial charge in [0.2, 0.25) is 0 Å². The Bertz CT molecular complexity index is 418. The molecule has 2 atom stereocenters. The van der Waals surface area contributed by atoms with Gasteiger partial charge in [-0.25, -0.2) is 0 Å². The molecular weight excluding hydrogens is 238 g/mol. The number of esters is 1. The molecule has 0 amide bonds. The number of benzene rings is 1. The average molecular weight is 261 g/mol. The minimum atomic E-state index is -0.453. The lowest BCUT2D eigenvalue weighted by Crippen LogP contribution is -2.49. The highest BCUT2D eigenvalue weighted by molar-refractivity contribution is 5.71. The molecule has 0 spiro atoms. The number of carbonyl (C=O) groups excluding carboxylic acids is 1. The molecule has 0 aromatic heterocycles. The van der Waals surface area contributed by atoms with Gasteiger partial charge < -0.3 is 10.5 Å². The molecule has 1 aliphatic rings. The Hall–Kier alpha value is -1.35. The highest BCUT2D eigenvalue weighted by atomic mass is 16.5. The first-order valence-corrected chi connectivity index (χ1v) is 7.15. The SMILES string of the molecule is CCOC(=O)CC1(N)CCCCC1c1ccccc1. The van der Waals surface area contributed by atoms with Crippen molar-refractivity contribution in [3.63, 3.8) is 0 Å². The Balaban J connectivity index is 2.17. The van der Waals surface area contributed by atoms with Crippen molar-refractivity contribution in [1.29, 1.82) is 0 Å². The third-order valence-electron chi connectivity index (χ3n) is 4.06. The van der Waals surface area contributed by atoms with E-state index in [2.05, 4.69) is 12.1 Å². The zero-order chi connectivity index (χ0) is 13.7. The monoisotopic (exact) mass is 261 g/mol. The van der Waals surface area contributed by atoms with Gasteiger partial charge >= 0.3 is 5.97 Å². The smallest absolute Gasteiger partial charge is 0.307 e. The summed E-state index contributed by atoms with van der Waals surface area (Å²) in [6.07, 6.45) is 4.55. The van der Waals surface area contributed by atoms with E-state index in [9.17, 15) is 4.79 Å². The van der Waals surface area contributed by atoms with Crippen LogP contribution in [0.5, 0.6) is 0 Å². The van der Waals surface area contributed by atoms with Crippen LogP contribution in [0.25, 0.3) is 0 Å². The van der Waals surface area contributed by atoms with Gasteiger partial charge in [-0.05, 0) is 25.3 Å². The Morgan fingerprint density at radius 1 is 1.37 bits per heavy atom. The summed E-state index contributed by atoms with van der Waals surface area (Å²) in [6.45, 7) is 2.25. The highest BCUT2D eigenvalue weighted by Gasteiger charge is 2.40. The van der Waals surface area contributed by atoms with E-state index in [-0.39, 0.29) is 11.9 Å². The minimum absolute atomic E-state index is 0.173. The second-order valence-electron chi connectivity index (χ2n) is 5.42. The molecule has 3 nitrogen and oxygen atoms in total. The van der Waals surface area contributed by atoms with E-state index in [1.807, 2.05) is 25.1 Å². The lowest BCUT2D eigenvalue weighted by molar-refractivity contribution is -0.145. The Kier molecular flexibility index (Phi) is 4.59. The van der Waals surface area contributed by atoms with E-state index in [0.29, 0.717) is 13.0 Å². The maximum atomic E-state index is 11.8. The molecule has 2 unspecified atom stereocenters. The van der Waals surface area contributed by atoms with E-state index >= 15 is 0 Å². The van der Waals surface area contributed by atoms with Gasteiger partial charge in [0.1, 0.15) is 0 Å². The van der Waals surface area contributed by atoms with E-state index in [1.54, 1.807) is 0 Å². The second kappa shape index (κ2) is 6.20. The van der Waals surface area contributed by atoms with Crippen molar-refractivity contribution >= 4 is 5.97 Å². The number of hydrogen-bond acceptors (Lipinski definition) is 3. The summed E-state index contributed by atoms with van der Waals surface area (Å²) in [5.41, 5.74) is 7.36. The number of hydrogen-bond donors (Lipinski definition) is 1. The number of ether oxygens (including phenoxy) is 1. The van der Waals surface area contributed by atoms with Gasteiger partial charge in [0.15, 0.2) is 0 Å². The standard InChI is InChI=1S/C16H23NO2/c1-2-19-15(18)12-16(17)11-7-6-10-14(16)13-8-4-3-5-9-13/h3-5,8-9,14H,2,6-7,10-12,17H2,1H3. The van der Waals surface area contributed by atoms with E-state index < -0.39 is 5.54 Å². The van der Waals surface area contributed by atoms with Crippen LogP contribution >= 0.6 is 0 Å². The molecule has 0 bridgehead atoms. The van der Waals surface area contributed by atoms with Gasteiger partial charge in [0.25, 0.3) is 0 Å². The number of rotatable bonds is 4. The van der Waals surface area contributed by atoms with Crippen molar-refractivity contribution in [3.8, 4) is 0 Å². The quantitative estimate of drug-likeness (QED) is 0.848. The van der Waals surface area contributed by atoms with Crippen molar-refractivity contribution in [2.45, 2.75) is 50.5 Å². The van der Waals surface area contributed by atoms with Crippen LogP contribution in [-0.4, -0.2) is 18.1 Å². The summed E-state index contributed by atoms with van der Waals surface area (Å²) < 4.78 is 5.08. The van der Waals surface area contributed by atoms with Gasteiger partial charge in [-0.1, -0.05) is 43.2 Å². The second-order valence-corrected chi connectivity index (χ2v) is 5.42. The van der Waals surface area contributed by atoms with Crippen LogP contribution in [0.2, 0.25) is 0 Å². The van der Waals surface area contributed by atoms with Crippen LogP contribution < -0.4 is 5.73 Å². The number of carbonyl (C=O) groups is 1. The molecule has 2 N–H and O–H groups in total. The largest absolute Gasteiger partial charge is 0.466 e. The van der Waals surface area contributed by atoms with E-state index in [0.717, 1.165) is 19.3 Å². The molecule has 3 heteroatoms. The third kappa shape index (κ3) is 3.35. The van der Waals surface area contributed by atoms with Gasteiger partial charge in [-0.2, -0.15) is 0 Å². The summed E-state index contributed by atoms with van der Waals surface area (Å²) >= 11 is 0. The lowest BCUT2D eigenvalue weighted by Gasteiger charge is -2.41. The van der Waals surface area contributed by atoms with Gasteiger partial charge in [-0.3, -0.25) is 4.79 Å². The topological polar surface area (TPSA) is 52.3 Å². The maximum absolute atomic E-state index is 11.8. The van der Waals surface area contributed by atoms with E-state index in [4.69, 9.17) is 10.5 Å². The Morgan fingerprint density at radius 2 is 2.11 bits per heavy atom. The molecule has 1 aromatic rings. The Labute approximate surface area is 115 Å². The first-order valence-electron chi connectivity index (χ1n) is 7.15. The highest BCUT2D eigenvalue weighted by Crippen LogP contribution is 2.41. The molecule has 1 aliphatic carbocycles. The van der Waals surface area contributed by atoms with Crippen molar-refractivity contribution in [2.24, 2.45) is 5.73 Å². The number of nitrogens with two attached hydrogens (primary N) is 1.